The van der Waals surface area contributed by atoms with Gasteiger partial charge in [0.25, 0.3) is 0 Å². The van der Waals surface area contributed by atoms with Gasteiger partial charge in [-0.1, -0.05) is 30.3 Å². The molecule has 4 rings (SSSR count). The number of hydrogen-bond acceptors (Lipinski definition) is 4. The van der Waals surface area contributed by atoms with Gasteiger partial charge >= 0.3 is 6.09 Å². The Labute approximate surface area is 166 Å². The lowest BCUT2D eigenvalue weighted by atomic mass is 9.77. The highest BCUT2D eigenvalue weighted by molar-refractivity contribution is 5.85. The monoisotopic (exact) mass is 386 g/mol. The molecular weight excluding hydrogens is 356 g/mol. The fourth-order valence-corrected chi connectivity index (χ4v) is 4.96. The van der Waals surface area contributed by atoms with Crippen molar-refractivity contribution in [3.05, 3.63) is 35.9 Å². The van der Waals surface area contributed by atoms with Crippen LogP contribution in [0.2, 0.25) is 0 Å². The maximum atomic E-state index is 13.2. The highest BCUT2D eigenvalue weighted by atomic mass is 16.6. The minimum absolute atomic E-state index is 0.201. The molecule has 1 spiro atoms. The number of benzene rings is 1. The van der Waals surface area contributed by atoms with Crippen LogP contribution in [0.15, 0.2) is 30.3 Å². The second-order valence-corrected chi connectivity index (χ2v) is 8.52. The zero-order chi connectivity index (χ0) is 19.6. The van der Waals surface area contributed by atoms with Gasteiger partial charge in [0.05, 0.1) is 11.5 Å². The fraction of sp³-hybridized carbons (Fsp3) is 0.636. The van der Waals surface area contributed by atoms with Crippen LogP contribution in [0.5, 0.6) is 0 Å². The van der Waals surface area contributed by atoms with Crippen LogP contribution in [-0.4, -0.2) is 58.7 Å². The summed E-state index contributed by atoms with van der Waals surface area (Å²) in [6.07, 6.45) is 5.23. The summed E-state index contributed by atoms with van der Waals surface area (Å²) < 4.78 is 5.44. The third-order valence-corrected chi connectivity index (χ3v) is 6.84. The molecule has 6 heteroatoms. The van der Waals surface area contributed by atoms with Gasteiger partial charge in [0.2, 0.25) is 5.91 Å². The number of carbonyl (C=O) groups is 2. The highest BCUT2D eigenvalue weighted by Gasteiger charge is 2.50. The molecule has 0 aromatic heterocycles. The Hall–Kier alpha value is -2.08. The Morgan fingerprint density at radius 3 is 2.36 bits per heavy atom. The standard InChI is InChI=1S/C22H30N2O4/c25-19-8-6-18(7-9-19)24-15-12-22(20(24)26)10-13-23(14-11-22)21(27)28-16-17-4-2-1-3-5-17/h1-5,18-19,25H,6-16H2/t18-,19+. The lowest BCUT2D eigenvalue weighted by Crippen LogP contribution is -2.48. The summed E-state index contributed by atoms with van der Waals surface area (Å²) in [5, 5.41) is 9.72. The second-order valence-electron chi connectivity index (χ2n) is 8.52. The van der Waals surface area contributed by atoms with Crippen molar-refractivity contribution in [2.24, 2.45) is 5.41 Å². The van der Waals surface area contributed by atoms with Crippen LogP contribution in [0, 0.1) is 5.41 Å². The van der Waals surface area contributed by atoms with Crippen molar-refractivity contribution >= 4 is 12.0 Å². The first-order valence-corrected chi connectivity index (χ1v) is 10.5. The van der Waals surface area contributed by atoms with E-state index < -0.39 is 0 Å². The van der Waals surface area contributed by atoms with E-state index in [1.54, 1.807) is 4.90 Å². The first-order valence-electron chi connectivity index (χ1n) is 10.5. The normalized spacial score (nSPS) is 27.2. The number of piperidine rings is 1. The summed E-state index contributed by atoms with van der Waals surface area (Å²) in [6, 6.07) is 9.95. The lowest BCUT2D eigenvalue weighted by Gasteiger charge is -2.39. The van der Waals surface area contributed by atoms with Crippen molar-refractivity contribution < 1.29 is 19.4 Å². The quantitative estimate of drug-likeness (QED) is 0.867. The predicted molar refractivity (Wildman–Crippen MR) is 104 cm³/mol. The number of rotatable bonds is 3. The molecule has 2 aliphatic heterocycles. The zero-order valence-corrected chi connectivity index (χ0v) is 16.4. The van der Waals surface area contributed by atoms with Gasteiger partial charge in [-0.25, -0.2) is 4.79 Å². The molecule has 1 saturated carbocycles. The molecule has 0 bridgehead atoms. The van der Waals surface area contributed by atoms with Crippen LogP contribution in [0.25, 0.3) is 0 Å². The van der Waals surface area contributed by atoms with Crippen molar-refractivity contribution in [1.29, 1.82) is 0 Å². The number of hydrogen-bond donors (Lipinski definition) is 1. The minimum atomic E-state index is -0.299. The molecule has 2 amide bonds. The molecule has 1 aromatic carbocycles. The topological polar surface area (TPSA) is 70.1 Å². The maximum Gasteiger partial charge on any atom is 0.410 e. The number of amides is 2. The average molecular weight is 386 g/mol. The number of ether oxygens (including phenoxy) is 1. The number of likely N-dealkylation sites (tertiary alicyclic amines) is 2. The van der Waals surface area contributed by atoms with Crippen molar-refractivity contribution in [1.82, 2.24) is 9.80 Å². The first-order chi connectivity index (χ1) is 13.6. The molecule has 1 aliphatic carbocycles. The van der Waals surface area contributed by atoms with Crippen LogP contribution in [0.3, 0.4) is 0 Å². The van der Waals surface area contributed by atoms with Gasteiger partial charge in [0.1, 0.15) is 6.61 Å². The van der Waals surface area contributed by atoms with Crippen molar-refractivity contribution in [2.75, 3.05) is 19.6 Å². The Bertz CT molecular complexity index is 692. The van der Waals surface area contributed by atoms with Crippen LogP contribution in [-0.2, 0) is 16.1 Å². The Morgan fingerprint density at radius 2 is 1.68 bits per heavy atom. The Morgan fingerprint density at radius 1 is 1.04 bits per heavy atom. The van der Waals surface area contributed by atoms with E-state index in [-0.39, 0.29) is 36.2 Å². The van der Waals surface area contributed by atoms with Crippen LogP contribution < -0.4 is 0 Å². The third-order valence-electron chi connectivity index (χ3n) is 6.84. The van der Waals surface area contributed by atoms with Gasteiger partial charge in [-0.05, 0) is 50.5 Å². The number of aliphatic hydroxyl groups is 1. The van der Waals surface area contributed by atoms with Gasteiger partial charge in [-0.2, -0.15) is 0 Å². The van der Waals surface area contributed by atoms with Gasteiger partial charge in [0.15, 0.2) is 0 Å². The van der Waals surface area contributed by atoms with E-state index in [0.29, 0.717) is 13.1 Å². The van der Waals surface area contributed by atoms with Gasteiger partial charge in [0, 0.05) is 25.7 Å². The van der Waals surface area contributed by atoms with E-state index in [0.717, 1.165) is 57.1 Å². The molecule has 0 radical (unpaired) electrons. The molecule has 2 heterocycles. The summed E-state index contributed by atoms with van der Waals surface area (Å²) >= 11 is 0. The molecule has 0 atom stereocenters. The molecule has 3 fully saturated rings. The predicted octanol–water partition coefficient (Wildman–Crippen LogP) is 2.94. The fourth-order valence-electron chi connectivity index (χ4n) is 4.96. The largest absolute Gasteiger partial charge is 0.445 e. The van der Waals surface area contributed by atoms with E-state index in [4.69, 9.17) is 4.74 Å². The molecule has 1 N–H and O–H groups in total. The van der Waals surface area contributed by atoms with Crippen LogP contribution in [0.4, 0.5) is 4.79 Å². The summed E-state index contributed by atoms with van der Waals surface area (Å²) in [4.78, 5) is 29.4. The maximum absolute atomic E-state index is 13.2. The van der Waals surface area contributed by atoms with E-state index in [1.807, 2.05) is 30.3 Å². The summed E-state index contributed by atoms with van der Waals surface area (Å²) in [6.45, 7) is 2.26. The van der Waals surface area contributed by atoms with Crippen molar-refractivity contribution in [2.45, 2.75) is 63.7 Å². The minimum Gasteiger partial charge on any atom is -0.445 e. The second kappa shape index (κ2) is 8.11. The molecule has 28 heavy (non-hydrogen) atoms. The van der Waals surface area contributed by atoms with Crippen molar-refractivity contribution in [3.63, 3.8) is 0 Å². The highest BCUT2D eigenvalue weighted by Crippen LogP contribution is 2.43. The SMILES string of the molecule is O=C(OCc1ccccc1)N1CCC2(CC1)CCN([C@H]1CC[C@@H](O)CC1)C2=O. The molecule has 6 nitrogen and oxygen atoms in total. The zero-order valence-electron chi connectivity index (χ0n) is 16.4. The molecule has 3 aliphatic rings. The van der Waals surface area contributed by atoms with Gasteiger partial charge < -0.3 is 19.6 Å². The number of aliphatic hydroxyl groups excluding tert-OH is 1. The van der Waals surface area contributed by atoms with E-state index in [1.165, 1.54) is 0 Å². The summed E-state index contributed by atoms with van der Waals surface area (Å²) in [5.41, 5.74) is 0.676. The molecule has 1 aromatic rings. The van der Waals surface area contributed by atoms with Crippen LogP contribution in [0.1, 0.15) is 50.5 Å². The molecular formula is C22H30N2O4. The number of nitrogens with zero attached hydrogens (tertiary/aromatic N) is 2. The first kappa shape index (κ1) is 19.2. The summed E-state index contributed by atoms with van der Waals surface area (Å²) in [7, 11) is 0. The molecule has 0 unspecified atom stereocenters. The average Bonchev–Trinajstić information content (AvgIpc) is 3.04. The van der Waals surface area contributed by atoms with Crippen molar-refractivity contribution in [3.8, 4) is 0 Å². The number of carbonyl (C=O) groups excluding carboxylic acids is 2. The van der Waals surface area contributed by atoms with Gasteiger partial charge in [-0.15, -0.1) is 0 Å². The molecule has 152 valence electrons. The molecule has 2 saturated heterocycles. The lowest BCUT2D eigenvalue weighted by molar-refractivity contribution is -0.141. The van der Waals surface area contributed by atoms with Crippen LogP contribution >= 0.6 is 0 Å². The van der Waals surface area contributed by atoms with Gasteiger partial charge in [-0.3, -0.25) is 4.79 Å². The smallest absolute Gasteiger partial charge is 0.410 e. The van der Waals surface area contributed by atoms with E-state index >= 15 is 0 Å². The third kappa shape index (κ3) is 3.88. The van der Waals surface area contributed by atoms with E-state index in [9.17, 15) is 14.7 Å². The Kier molecular flexibility index (Phi) is 5.58. The van der Waals surface area contributed by atoms with E-state index in [2.05, 4.69) is 4.90 Å². The Balaban J connectivity index is 1.28. The summed E-state index contributed by atoms with van der Waals surface area (Å²) in [5.74, 6) is 0.270.